The molecule has 0 saturated heterocycles. The second kappa shape index (κ2) is 7.00. The van der Waals surface area contributed by atoms with Crippen LogP contribution >= 0.6 is 0 Å². The molecule has 2 aromatic rings. The lowest BCUT2D eigenvalue weighted by atomic mass is 10.1. The van der Waals surface area contributed by atoms with Crippen molar-refractivity contribution in [1.82, 2.24) is 4.98 Å². The van der Waals surface area contributed by atoms with E-state index in [4.69, 9.17) is 4.74 Å². The summed E-state index contributed by atoms with van der Waals surface area (Å²) in [6, 6.07) is 4.09. The van der Waals surface area contributed by atoms with Crippen molar-refractivity contribution in [2.75, 3.05) is 11.9 Å². The summed E-state index contributed by atoms with van der Waals surface area (Å²) in [6.45, 7) is 5.11. The first kappa shape index (κ1) is 18.6. The number of alkyl halides is 3. The number of aryl methyl sites for hydroxylation is 1. The van der Waals surface area contributed by atoms with Gasteiger partial charge in [0.15, 0.2) is 0 Å². The summed E-state index contributed by atoms with van der Waals surface area (Å²) >= 11 is 0. The molecule has 0 atom stereocenters. The summed E-state index contributed by atoms with van der Waals surface area (Å²) < 4.78 is 42.6. The largest absolute Gasteiger partial charge is 0.462 e. The van der Waals surface area contributed by atoms with Gasteiger partial charge in [-0.05, 0) is 50.6 Å². The van der Waals surface area contributed by atoms with Crippen LogP contribution in [0, 0.1) is 13.8 Å². The fourth-order valence-electron chi connectivity index (χ4n) is 2.42. The van der Waals surface area contributed by atoms with Gasteiger partial charge in [-0.25, -0.2) is 4.79 Å². The maximum absolute atomic E-state index is 12.5. The quantitative estimate of drug-likeness (QED) is 0.813. The highest BCUT2D eigenvalue weighted by Crippen LogP contribution is 2.30. The number of hydrogen-bond donors (Lipinski definition) is 2. The number of ether oxygens (including phenoxy) is 1. The molecule has 0 radical (unpaired) electrons. The van der Waals surface area contributed by atoms with Gasteiger partial charge in [-0.3, -0.25) is 4.79 Å². The molecule has 1 aromatic heterocycles. The molecule has 0 aliphatic rings. The molecule has 0 aliphatic heterocycles. The highest BCUT2D eigenvalue weighted by Gasteiger charge is 2.30. The second-order valence-corrected chi connectivity index (χ2v) is 5.37. The second-order valence-electron chi connectivity index (χ2n) is 5.37. The van der Waals surface area contributed by atoms with Crippen molar-refractivity contribution < 1.29 is 27.5 Å². The van der Waals surface area contributed by atoms with Crippen molar-refractivity contribution in [3.63, 3.8) is 0 Å². The number of hydrogen-bond acceptors (Lipinski definition) is 3. The first-order valence-electron chi connectivity index (χ1n) is 7.50. The third kappa shape index (κ3) is 4.01. The number of benzene rings is 1. The molecule has 1 heterocycles. The number of H-pyrrole nitrogens is 1. The molecule has 0 bridgehead atoms. The Balaban J connectivity index is 2.22. The maximum atomic E-state index is 12.5. The molecule has 5 nitrogen and oxygen atoms in total. The minimum atomic E-state index is -4.44. The number of nitrogens with one attached hydrogen (secondary N) is 2. The van der Waals surface area contributed by atoms with E-state index in [0.29, 0.717) is 11.3 Å². The van der Waals surface area contributed by atoms with Crippen LogP contribution in [0.4, 0.5) is 18.9 Å². The SMILES string of the molecule is CCOC(=O)c1c(C)[nH]c(C(=O)Nc2ccc(C(F)(F)F)cc2)c1C. The van der Waals surface area contributed by atoms with Crippen molar-refractivity contribution >= 4 is 17.6 Å². The molecule has 0 spiro atoms. The molecular formula is C17H17F3N2O3. The number of halogens is 3. The lowest BCUT2D eigenvalue weighted by Gasteiger charge is -2.09. The number of carbonyl (C=O) groups is 2. The Morgan fingerprint density at radius 3 is 2.28 bits per heavy atom. The summed E-state index contributed by atoms with van der Waals surface area (Å²) in [5.74, 6) is -1.10. The molecule has 0 unspecified atom stereocenters. The molecule has 8 heteroatoms. The number of rotatable bonds is 4. The fraction of sp³-hybridized carbons (Fsp3) is 0.294. The summed E-state index contributed by atoms with van der Waals surface area (Å²) in [5, 5.41) is 2.50. The lowest BCUT2D eigenvalue weighted by Crippen LogP contribution is -2.14. The molecule has 25 heavy (non-hydrogen) atoms. The number of aromatic amines is 1. The Hall–Kier alpha value is -2.77. The van der Waals surface area contributed by atoms with Crippen LogP contribution in [0.5, 0.6) is 0 Å². The Labute approximate surface area is 142 Å². The van der Waals surface area contributed by atoms with Crippen LogP contribution in [0.25, 0.3) is 0 Å². The summed E-state index contributed by atoms with van der Waals surface area (Å²) in [6.07, 6.45) is -4.44. The highest BCUT2D eigenvalue weighted by molar-refractivity contribution is 6.06. The number of amides is 1. The molecule has 1 amide bonds. The van der Waals surface area contributed by atoms with Gasteiger partial charge in [0.25, 0.3) is 5.91 Å². The number of carbonyl (C=O) groups excluding carboxylic acids is 2. The monoisotopic (exact) mass is 354 g/mol. The van der Waals surface area contributed by atoms with E-state index >= 15 is 0 Å². The molecule has 0 saturated carbocycles. The van der Waals surface area contributed by atoms with Crippen molar-refractivity contribution in [2.24, 2.45) is 0 Å². The minimum absolute atomic E-state index is 0.153. The zero-order chi connectivity index (χ0) is 18.8. The molecule has 0 aliphatic carbocycles. The van der Waals surface area contributed by atoms with Gasteiger partial charge in [0, 0.05) is 11.4 Å². The van der Waals surface area contributed by atoms with Crippen molar-refractivity contribution in [3.8, 4) is 0 Å². The molecule has 0 fully saturated rings. The van der Waals surface area contributed by atoms with Crippen LogP contribution in [0.2, 0.25) is 0 Å². The van der Waals surface area contributed by atoms with Crippen LogP contribution in [0.3, 0.4) is 0 Å². The lowest BCUT2D eigenvalue weighted by molar-refractivity contribution is -0.137. The van der Waals surface area contributed by atoms with Gasteiger partial charge in [-0.15, -0.1) is 0 Å². The average Bonchev–Trinajstić information content (AvgIpc) is 2.82. The van der Waals surface area contributed by atoms with E-state index < -0.39 is 23.6 Å². The van der Waals surface area contributed by atoms with Gasteiger partial charge < -0.3 is 15.0 Å². The number of aromatic nitrogens is 1. The van der Waals surface area contributed by atoms with Crippen LogP contribution < -0.4 is 5.32 Å². The molecule has 1 aromatic carbocycles. The Kier molecular flexibility index (Phi) is 5.20. The van der Waals surface area contributed by atoms with Gasteiger partial charge in [0.05, 0.1) is 17.7 Å². The van der Waals surface area contributed by atoms with E-state index in [9.17, 15) is 22.8 Å². The first-order chi connectivity index (χ1) is 11.6. The van der Waals surface area contributed by atoms with Crippen LogP contribution in [0.15, 0.2) is 24.3 Å². The summed E-state index contributed by atoms with van der Waals surface area (Å²) in [5.41, 5.74) is 0.734. The van der Waals surface area contributed by atoms with Crippen molar-refractivity contribution in [1.29, 1.82) is 0 Å². The van der Waals surface area contributed by atoms with Gasteiger partial charge in [0.2, 0.25) is 0 Å². The molecule has 2 N–H and O–H groups in total. The number of anilines is 1. The minimum Gasteiger partial charge on any atom is -0.462 e. The summed E-state index contributed by atoms with van der Waals surface area (Å²) in [4.78, 5) is 27.1. The Bertz CT molecular complexity index is 793. The standard InChI is InChI=1S/C17H17F3N2O3/c1-4-25-16(24)13-9(2)14(21-10(13)3)15(23)22-12-7-5-11(6-8-12)17(18,19)20/h5-8,21H,4H2,1-3H3,(H,22,23). The van der Waals surface area contributed by atoms with E-state index in [0.717, 1.165) is 24.3 Å². The zero-order valence-electron chi connectivity index (χ0n) is 13.9. The topological polar surface area (TPSA) is 71.2 Å². The van der Waals surface area contributed by atoms with Gasteiger partial charge >= 0.3 is 12.1 Å². The third-order valence-corrected chi connectivity index (χ3v) is 3.61. The van der Waals surface area contributed by atoms with Crippen molar-refractivity contribution in [3.05, 3.63) is 52.3 Å². The van der Waals surface area contributed by atoms with Gasteiger partial charge in [0.1, 0.15) is 5.69 Å². The Morgan fingerprint density at radius 1 is 1.16 bits per heavy atom. The highest BCUT2D eigenvalue weighted by atomic mass is 19.4. The molecule has 2 rings (SSSR count). The molecule has 134 valence electrons. The third-order valence-electron chi connectivity index (χ3n) is 3.61. The Morgan fingerprint density at radius 2 is 1.76 bits per heavy atom. The van der Waals surface area contributed by atoms with E-state index in [1.54, 1.807) is 20.8 Å². The number of esters is 1. The van der Waals surface area contributed by atoms with E-state index in [1.165, 1.54) is 0 Å². The zero-order valence-corrected chi connectivity index (χ0v) is 13.9. The van der Waals surface area contributed by atoms with E-state index in [2.05, 4.69) is 10.3 Å². The summed E-state index contributed by atoms with van der Waals surface area (Å²) in [7, 11) is 0. The fourth-order valence-corrected chi connectivity index (χ4v) is 2.42. The van der Waals surface area contributed by atoms with Gasteiger partial charge in [-0.1, -0.05) is 0 Å². The predicted molar refractivity (Wildman–Crippen MR) is 85.6 cm³/mol. The molecular weight excluding hydrogens is 337 g/mol. The van der Waals surface area contributed by atoms with Crippen LogP contribution in [-0.2, 0) is 10.9 Å². The van der Waals surface area contributed by atoms with Crippen molar-refractivity contribution in [2.45, 2.75) is 26.9 Å². The smallest absolute Gasteiger partial charge is 0.416 e. The first-order valence-corrected chi connectivity index (χ1v) is 7.50. The normalized spacial score (nSPS) is 11.3. The van der Waals surface area contributed by atoms with Crippen LogP contribution in [0.1, 0.15) is 44.6 Å². The predicted octanol–water partition coefficient (Wildman–Crippen LogP) is 4.08. The average molecular weight is 354 g/mol. The maximum Gasteiger partial charge on any atom is 0.416 e. The van der Waals surface area contributed by atoms with Gasteiger partial charge in [-0.2, -0.15) is 13.2 Å². The van der Waals surface area contributed by atoms with E-state index in [1.807, 2.05) is 0 Å². The van der Waals surface area contributed by atoms with Crippen LogP contribution in [-0.4, -0.2) is 23.5 Å². The van der Waals surface area contributed by atoms with E-state index in [-0.39, 0.29) is 23.6 Å².